The minimum Gasteiger partial charge on any atom is -0.325 e. The zero-order chi connectivity index (χ0) is 16.4. The van der Waals surface area contributed by atoms with Gasteiger partial charge in [-0.1, -0.05) is 31.2 Å². The van der Waals surface area contributed by atoms with Gasteiger partial charge in [0.15, 0.2) is 0 Å². The molecule has 6 heteroatoms. The maximum absolute atomic E-state index is 12.5. The van der Waals surface area contributed by atoms with Crippen LogP contribution in [0.1, 0.15) is 6.92 Å². The summed E-state index contributed by atoms with van der Waals surface area (Å²) in [5, 5.41) is 5.29. The average Bonchev–Trinajstić information content (AvgIpc) is 2.55. The lowest BCUT2D eigenvalue weighted by Crippen LogP contribution is -2.39. The first-order chi connectivity index (χ1) is 11.1. The second kappa shape index (κ2) is 6.76. The molecule has 23 heavy (non-hydrogen) atoms. The fourth-order valence-corrected chi connectivity index (χ4v) is 3.90. The van der Waals surface area contributed by atoms with Gasteiger partial charge in [0.1, 0.15) is 0 Å². The van der Waals surface area contributed by atoms with Crippen LogP contribution in [0.5, 0.6) is 0 Å². The molecule has 118 valence electrons. The minimum absolute atomic E-state index is 0.136. The van der Waals surface area contributed by atoms with Crippen LogP contribution >= 0.6 is 27.7 Å². The third-order valence-corrected chi connectivity index (χ3v) is 5.83. The van der Waals surface area contributed by atoms with Crippen molar-refractivity contribution in [2.24, 2.45) is 5.92 Å². The predicted octanol–water partition coefficient (Wildman–Crippen LogP) is 4.14. The van der Waals surface area contributed by atoms with E-state index in [-0.39, 0.29) is 11.8 Å². The number of anilines is 2. The van der Waals surface area contributed by atoms with Crippen LogP contribution < -0.4 is 10.6 Å². The van der Waals surface area contributed by atoms with Crippen LogP contribution in [-0.4, -0.2) is 17.1 Å². The lowest BCUT2D eigenvalue weighted by Gasteiger charge is -2.27. The molecular formula is C17H15BrN2O2S. The van der Waals surface area contributed by atoms with Crippen LogP contribution in [-0.2, 0) is 9.59 Å². The van der Waals surface area contributed by atoms with Crippen LogP contribution in [0.2, 0.25) is 0 Å². The van der Waals surface area contributed by atoms with Gasteiger partial charge >= 0.3 is 0 Å². The van der Waals surface area contributed by atoms with Crippen molar-refractivity contribution in [1.29, 1.82) is 0 Å². The Labute approximate surface area is 147 Å². The molecule has 0 radical (unpaired) electrons. The summed E-state index contributed by atoms with van der Waals surface area (Å²) in [6.45, 7) is 1.78. The number of hydrogen-bond donors (Lipinski definition) is 2. The number of carbonyl (C=O) groups excluding carboxylic acids is 2. The molecule has 0 saturated heterocycles. The van der Waals surface area contributed by atoms with E-state index in [1.54, 1.807) is 6.92 Å². The highest BCUT2D eigenvalue weighted by molar-refractivity contribution is 9.10. The summed E-state index contributed by atoms with van der Waals surface area (Å²) >= 11 is 4.84. The summed E-state index contributed by atoms with van der Waals surface area (Å²) in [4.78, 5) is 25.8. The Bertz CT molecular complexity index is 766. The Hall–Kier alpha value is -1.79. The molecule has 0 aromatic heterocycles. The van der Waals surface area contributed by atoms with Gasteiger partial charge in [-0.3, -0.25) is 9.59 Å². The highest BCUT2D eigenvalue weighted by Crippen LogP contribution is 2.38. The van der Waals surface area contributed by atoms with E-state index in [0.717, 1.165) is 15.1 Å². The number of fused-ring (bicyclic) bond motifs is 1. The summed E-state index contributed by atoms with van der Waals surface area (Å²) in [6, 6.07) is 15.0. The van der Waals surface area contributed by atoms with Gasteiger partial charge < -0.3 is 10.6 Å². The van der Waals surface area contributed by atoms with E-state index in [1.165, 1.54) is 11.8 Å². The molecule has 2 aromatic rings. The Morgan fingerprint density at radius 1 is 1.22 bits per heavy atom. The molecule has 1 heterocycles. The molecule has 1 aliphatic rings. The van der Waals surface area contributed by atoms with Gasteiger partial charge in [0, 0.05) is 9.37 Å². The highest BCUT2D eigenvalue weighted by atomic mass is 79.9. The van der Waals surface area contributed by atoms with Gasteiger partial charge in [-0.2, -0.15) is 0 Å². The quantitative estimate of drug-likeness (QED) is 0.827. The maximum Gasteiger partial charge on any atom is 0.238 e. The molecule has 0 aliphatic carbocycles. The minimum atomic E-state index is -0.458. The number of amides is 2. The number of benzene rings is 2. The number of halogens is 1. The van der Waals surface area contributed by atoms with Gasteiger partial charge in [-0.25, -0.2) is 0 Å². The van der Waals surface area contributed by atoms with Crippen molar-refractivity contribution in [2.45, 2.75) is 17.1 Å². The Morgan fingerprint density at radius 3 is 2.70 bits per heavy atom. The molecule has 0 spiro atoms. The zero-order valence-electron chi connectivity index (χ0n) is 12.4. The van der Waals surface area contributed by atoms with Gasteiger partial charge in [-0.15, -0.1) is 11.8 Å². The first-order valence-corrected chi connectivity index (χ1v) is 8.85. The van der Waals surface area contributed by atoms with Gasteiger partial charge in [-0.05, 0) is 40.2 Å². The van der Waals surface area contributed by atoms with Crippen molar-refractivity contribution >= 4 is 50.9 Å². The molecule has 0 fully saturated rings. The van der Waals surface area contributed by atoms with Crippen molar-refractivity contribution in [3.63, 3.8) is 0 Å². The van der Waals surface area contributed by atoms with Crippen LogP contribution in [0.15, 0.2) is 57.9 Å². The van der Waals surface area contributed by atoms with Crippen molar-refractivity contribution in [2.75, 3.05) is 10.6 Å². The summed E-state index contributed by atoms with van der Waals surface area (Å²) < 4.78 is 0.812. The monoisotopic (exact) mass is 390 g/mol. The number of thioether (sulfide) groups is 1. The number of nitrogens with one attached hydrogen (secondary N) is 2. The summed E-state index contributed by atoms with van der Waals surface area (Å²) in [7, 11) is 0. The van der Waals surface area contributed by atoms with E-state index in [2.05, 4.69) is 26.6 Å². The summed E-state index contributed by atoms with van der Waals surface area (Å²) in [5.41, 5.74) is 1.50. The van der Waals surface area contributed by atoms with Crippen molar-refractivity contribution in [3.8, 4) is 0 Å². The van der Waals surface area contributed by atoms with Crippen molar-refractivity contribution in [3.05, 3.63) is 53.0 Å². The lowest BCUT2D eigenvalue weighted by atomic mass is 10.1. The predicted molar refractivity (Wildman–Crippen MR) is 96.7 cm³/mol. The first-order valence-electron chi connectivity index (χ1n) is 7.18. The maximum atomic E-state index is 12.5. The zero-order valence-corrected chi connectivity index (χ0v) is 14.8. The van der Waals surface area contributed by atoms with Crippen LogP contribution in [0, 0.1) is 5.92 Å². The lowest BCUT2D eigenvalue weighted by molar-refractivity contribution is -0.123. The van der Waals surface area contributed by atoms with E-state index >= 15 is 0 Å². The highest BCUT2D eigenvalue weighted by Gasteiger charge is 2.35. The second-order valence-electron chi connectivity index (χ2n) is 5.28. The van der Waals surface area contributed by atoms with Crippen molar-refractivity contribution < 1.29 is 9.59 Å². The molecule has 3 rings (SSSR count). The smallest absolute Gasteiger partial charge is 0.238 e. The SMILES string of the molecule is CC(C(=O)Nc1ccccc1Br)C1Sc2ccccc2NC1=O. The number of hydrogen-bond acceptors (Lipinski definition) is 3. The van der Waals surface area contributed by atoms with Crippen molar-refractivity contribution in [1.82, 2.24) is 0 Å². The van der Waals surface area contributed by atoms with Gasteiger partial charge in [0.2, 0.25) is 11.8 Å². The fourth-order valence-electron chi connectivity index (χ4n) is 2.34. The summed E-state index contributed by atoms with van der Waals surface area (Å²) in [6.07, 6.45) is 0. The van der Waals surface area contributed by atoms with Gasteiger partial charge in [0.05, 0.1) is 22.5 Å². The average molecular weight is 391 g/mol. The normalized spacial score (nSPS) is 17.8. The molecule has 2 N–H and O–H groups in total. The van der Waals surface area contributed by atoms with E-state index in [1.807, 2.05) is 48.5 Å². The fraction of sp³-hybridized carbons (Fsp3) is 0.176. The molecular weight excluding hydrogens is 376 g/mol. The second-order valence-corrected chi connectivity index (χ2v) is 7.32. The Balaban J connectivity index is 1.75. The summed E-state index contributed by atoms with van der Waals surface area (Å²) in [5.74, 6) is -0.770. The van der Waals surface area contributed by atoms with E-state index in [9.17, 15) is 9.59 Å². The topological polar surface area (TPSA) is 58.2 Å². The molecule has 4 nitrogen and oxygen atoms in total. The molecule has 2 atom stereocenters. The third kappa shape index (κ3) is 3.43. The number of para-hydroxylation sites is 2. The van der Waals surface area contributed by atoms with Gasteiger partial charge in [0.25, 0.3) is 0 Å². The standard InChI is InChI=1S/C17H15BrN2O2S/c1-10(16(21)19-12-7-3-2-6-11(12)18)15-17(22)20-13-8-4-5-9-14(13)23-15/h2-10,15H,1H3,(H,19,21)(H,20,22). The third-order valence-electron chi connectivity index (χ3n) is 3.66. The molecule has 2 unspecified atom stereocenters. The Morgan fingerprint density at radius 2 is 1.91 bits per heavy atom. The molecule has 0 saturated carbocycles. The molecule has 0 bridgehead atoms. The number of rotatable bonds is 3. The first kappa shape index (κ1) is 16.1. The number of carbonyl (C=O) groups is 2. The molecule has 2 amide bonds. The van der Waals surface area contributed by atoms with Crippen LogP contribution in [0.4, 0.5) is 11.4 Å². The molecule has 2 aromatic carbocycles. The van der Waals surface area contributed by atoms with E-state index in [0.29, 0.717) is 5.69 Å². The van der Waals surface area contributed by atoms with E-state index in [4.69, 9.17) is 0 Å². The van der Waals surface area contributed by atoms with Crippen LogP contribution in [0.25, 0.3) is 0 Å². The van der Waals surface area contributed by atoms with Crippen LogP contribution in [0.3, 0.4) is 0 Å². The van der Waals surface area contributed by atoms with E-state index < -0.39 is 11.2 Å². The largest absolute Gasteiger partial charge is 0.325 e. The molecule has 1 aliphatic heterocycles. The Kier molecular flexibility index (Phi) is 4.73.